The van der Waals surface area contributed by atoms with E-state index in [0.717, 1.165) is 0 Å². The first-order valence-corrected chi connectivity index (χ1v) is 9.04. The first-order chi connectivity index (χ1) is 11.1. The maximum atomic E-state index is 13.2. The fourth-order valence-electron chi connectivity index (χ4n) is 9.13. The van der Waals surface area contributed by atoms with Gasteiger partial charge in [0.2, 0.25) is 0 Å². The largest absolute Gasteiger partial charge is 0.461 e. The van der Waals surface area contributed by atoms with Crippen LogP contribution in [0.5, 0.6) is 0 Å². The second-order valence-corrected chi connectivity index (χ2v) is 8.99. The summed E-state index contributed by atoms with van der Waals surface area (Å²) in [5, 5.41) is 0. The molecule has 13 atom stereocenters. The molecule has 0 spiro atoms. The lowest BCUT2D eigenvalue weighted by Gasteiger charge is -2.28. The maximum absolute atomic E-state index is 13.2. The predicted molar refractivity (Wildman–Crippen MR) is 76.6 cm³/mol. The van der Waals surface area contributed by atoms with Crippen LogP contribution in [0.15, 0.2) is 12.2 Å². The van der Waals surface area contributed by atoms with Gasteiger partial charge in [0.15, 0.2) is 0 Å². The molecule has 0 amide bonds. The summed E-state index contributed by atoms with van der Waals surface area (Å²) in [5.41, 5.74) is 0. The lowest BCUT2D eigenvalue weighted by atomic mass is 9.78. The average molecular weight is 310 g/mol. The summed E-state index contributed by atoms with van der Waals surface area (Å²) in [6.45, 7) is 1.40. The number of esters is 1. The van der Waals surface area contributed by atoms with Crippen molar-refractivity contribution >= 4 is 17.5 Å². The molecule has 6 fully saturated rings. The smallest absolute Gasteiger partial charge is 0.302 e. The Labute approximate surface area is 133 Å². The number of Topliss-reactive ketones (excluding diaryl/α,β-unsaturated/α-hetero) is 2. The Balaban J connectivity index is 1.50. The van der Waals surface area contributed by atoms with Gasteiger partial charge in [-0.05, 0) is 47.3 Å². The highest BCUT2D eigenvalue weighted by molar-refractivity contribution is 5.96. The Kier molecular flexibility index (Phi) is 1.67. The molecule has 0 aromatic rings. The van der Waals surface area contributed by atoms with Gasteiger partial charge in [-0.15, -0.1) is 0 Å². The van der Waals surface area contributed by atoms with Crippen molar-refractivity contribution in [3.8, 4) is 0 Å². The molecular formula is C19H18O4. The van der Waals surface area contributed by atoms with E-state index in [9.17, 15) is 14.4 Å². The first kappa shape index (κ1) is 12.0. The van der Waals surface area contributed by atoms with Crippen molar-refractivity contribution in [2.24, 2.45) is 71.0 Å². The van der Waals surface area contributed by atoms with Crippen LogP contribution in [-0.4, -0.2) is 23.6 Å². The lowest BCUT2D eigenvalue weighted by molar-refractivity contribution is -0.154. The van der Waals surface area contributed by atoms with Crippen LogP contribution in [0.1, 0.15) is 6.92 Å². The van der Waals surface area contributed by atoms with Crippen LogP contribution in [0.4, 0.5) is 0 Å². The number of ether oxygens (including phenoxy) is 1. The molecule has 7 aliphatic carbocycles. The van der Waals surface area contributed by atoms with Crippen LogP contribution in [0, 0.1) is 71.0 Å². The van der Waals surface area contributed by atoms with Crippen molar-refractivity contribution in [2.45, 2.75) is 13.0 Å². The van der Waals surface area contributed by atoms with Gasteiger partial charge in [0.1, 0.15) is 17.7 Å². The standard InChI is InChI=1S/C19H18O4/c1-4(20)23-19-15-13-11-8(17(15)21)5-2-3-6-7(5)10(11)12-9(6)18(22)16(19)14(12)13/h2-3,5-16,19H,1H3/t5-,6+,7?,8-,9+,10?,11-,12-,13+,14+,15+,16+,19?/m1/s1. The quantitative estimate of drug-likeness (QED) is 0.537. The molecule has 0 aromatic carbocycles. The van der Waals surface area contributed by atoms with E-state index in [1.165, 1.54) is 6.92 Å². The van der Waals surface area contributed by atoms with E-state index in [-0.39, 0.29) is 29.6 Å². The van der Waals surface area contributed by atoms with Gasteiger partial charge in [-0.3, -0.25) is 14.4 Å². The van der Waals surface area contributed by atoms with Gasteiger partial charge in [-0.2, -0.15) is 0 Å². The SMILES string of the molecule is CC(=O)OC1[C@@H]2C(=O)[C@@H]3[C@@H]4C5C6[C@@H](C=C[C@@H]63)[C@H]3C(=O)[C@@H]1[C@@H]([C@@H]53)[C@H]42. The minimum Gasteiger partial charge on any atom is -0.461 e. The molecule has 0 radical (unpaired) electrons. The molecule has 23 heavy (non-hydrogen) atoms. The number of carbonyl (C=O) groups excluding carboxylic acids is 3. The van der Waals surface area contributed by atoms with Crippen LogP contribution in [0.25, 0.3) is 0 Å². The van der Waals surface area contributed by atoms with E-state index in [0.29, 0.717) is 58.9 Å². The van der Waals surface area contributed by atoms with E-state index in [1.807, 2.05) is 0 Å². The van der Waals surface area contributed by atoms with E-state index in [4.69, 9.17) is 4.74 Å². The molecule has 0 heterocycles. The number of allylic oxidation sites excluding steroid dienone is 2. The lowest BCUT2D eigenvalue weighted by Crippen LogP contribution is -2.39. The molecule has 4 nitrogen and oxygen atoms in total. The molecule has 0 saturated heterocycles. The molecule has 6 saturated carbocycles. The van der Waals surface area contributed by atoms with Gasteiger partial charge < -0.3 is 4.74 Å². The molecule has 7 rings (SSSR count). The Morgan fingerprint density at radius 3 is 1.74 bits per heavy atom. The highest BCUT2D eigenvalue weighted by atomic mass is 16.5. The fourth-order valence-corrected chi connectivity index (χ4v) is 9.13. The van der Waals surface area contributed by atoms with Crippen molar-refractivity contribution in [1.29, 1.82) is 0 Å². The molecule has 7 aliphatic rings. The zero-order chi connectivity index (χ0) is 15.4. The Morgan fingerprint density at radius 1 is 0.783 bits per heavy atom. The van der Waals surface area contributed by atoms with Crippen LogP contribution in [-0.2, 0) is 19.1 Å². The summed E-state index contributed by atoms with van der Waals surface area (Å²) >= 11 is 0. The molecule has 0 bridgehead atoms. The number of hydrogen-bond acceptors (Lipinski definition) is 4. The first-order valence-electron chi connectivity index (χ1n) is 9.04. The average Bonchev–Trinajstić information content (AvgIpc) is 3.20. The van der Waals surface area contributed by atoms with Crippen molar-refractivity contribution in [3.05, 3.63) is 12.2 Å². The Morgan fingerprint density at radius 2 is 1.26 bits per heavy atom. The van der Waals surface area contributed by atoms with E-state index >= 15 is 0 Å². The third-order valence-electron chi connectivity index (χ3n) is 8.92. The monoisotopic (exact) mass is 310 g/mol. The number of ketones is 2. The zero-order valence-electron chi connectivity index (χ0n) is 12.8. The molecule has 0 aliphatic heterocycles. The predicted octanol–water partition coefficient (Wildman–Crippen LogP) is 1.10. The Hall–Kier alpha value is -1.45. The normalized spacial score (nSPS) is 67.1. The number of rotatable bonds is 1. The maximum Gasteiger partial charge on any atom is 0.302 e. The summed E-state index contributed by atoms with van der Waals surface area (Å²) in [6.07, 6.45) is 4.05. The van der Waals surface area contributed by atoms with E-state index < -0.39 is 6.10 Å². The van der Waals surface area contributed by atoms with Gasteiger partial charge >= 0.3 is 5.97 Å². The minimum atomic E-state index is -0.461. The summed E-state index contributed by atoms with van der Waals surface area (Å²) in [4.78, 5) is 38.1. The van der Waals surface area contributed by atoms with Gasteiger partial charge in [0.25, 0.3) is 0 Å². The molecule has 0 aromatic heterocycles. The number of fused-ring (bicyclic) bond motifs is 2. The van der Waals surface area contributed by atoms with E-state index in [2.05, 4.69) is 12.2 Å². The second-order valence-electron chi connectivity index (χ2n) is 8.99. The van der Waals surface area contributed by atoms with Crippen LogP contribution in [0.2, 0.25) is 0 Å². The Bertz CT molecular complexity index is 700. The summed E-state index contributed by atoms with van der Waals surface area (Å²) in [5.74, 6) is 3.70. The van der Waals surface area contributed by atoms with Gasteiger partial charge in [0.05, 0.1) is 11.8 Å². The number of hydrogen-bond donors (Lipinski definition) is 0. The summed E-state index contributed by atoms with van der Waals surface area (Å²) in [7, 11) is 0. The van der Waals surface area contributed by atoms with Crippen LogP contribution in [0.3, 0.4) is 0 Å². The third kappa shape index (κ3) is 0.923. The van der Waals surface area contributed by atoms with E-state index in [1.54, 1.807) is 0 Å². The molecule has 4 heteroatoms. The highest BCUT2D eigenvalue weighted by Crippen LogP contribution is 2.82. The summed E-state index contributed by atoms with van der Waals surface area (Å²) < 4.78 is 5.61. The number of carbonyl (C=O) groups is 3. The molecular weight excluding hydrogens is 292 g/mol. The fraction of sp³-hybridized carbons (Fsp3) is 0.737. The van der Waals surface area contributed by atoms with Crippen molar-refractivity contribution in [2.75, 3.05) is 0 Å². The van der Waals surface area contributed by atoms with Crippen molar-refractivity contribution < 1.29 is 19.1 Å². The summed E-state index contributed by atoms with van der Waals surface area (Å²) in [6, 6.07) is 0. The highest BCUT2D eigenvalue weighted by Gasteiger charge is 2.85. The second kappa shape index (κ2) is 3.20. The third-order valence-corrected chi connectivity index (χ3v) is 8.92. The molecule has 3 unspecified atom stereocenters. The van der Waals surface area contributed by atoms with Gasteiger partial charge in [-0.1, -0.05) is 12.2 Å². The van der Waals surface area contributed by atoms with Crippen molar-refractivity contribution in [3.63, 3.8) is 0 Å². The van der Waals surface area contributed by atoms with Gasteiger partial charge in [-0.25, -0.2) is 0 Å². The van der Waals surface area contributed by atoms with Crippen molar-refractivity contribution in [1.82, 2.24) is 0 Å². The molecule has 0 N–H and O–H groups in total. The van der Waals surface area contributed by atoms with Gasteiger partial charge in [0, 0.05) is 18.8 Å². The zero-order valence-corrected chi connectivity index (χ0v) is 12.8. The molecule has 118 valence electrons. The minimum absolute atomic E-state index is 0.155. The topological polar surface area (TPSA) is 60.4 Å². The van der Waals surface area contributed by atoms with Crippen LogP contribution < -0.4 is 0 Å². The van der Waals surface area contributed by atoms with Crippen LogP contribution >= 0.6 is 0 Å².